The molecule has 1 aliphatic rings. The van der Waals surface area contributed by atoms with Gasteiger partial charge in [-0.25, -0.2) is 9.07 Å². The number of halogens is 1. The summed E-state index contributed by atoms with van der Waals surface area (Å²) in [5.74, 6) is -0.0370. The number of aryl methyl sites for hydroxylation is 2. The van der Waals surface area contributed by atoms with E-state index in [9.17, 15) is 5.11 Å². The fraction of sp³-hybridized carbons (Fsp3) is 0.367. The highest BCUT2D eigenvalue weighted by Crippen LogP contribution is 2.42. The zero-order chi connectivity index (χ0) is 26.6. The fourth-order valence-electron chi connectivity index (χ4n) is 5.88. The van der Waals surface area contributed by atoms with Crippen molar-refractivity contribution >= 4 is 21.9 Å². The Bertz CT molecular complexity index is 1610. The zero-order valence-electron chi connectivity index (χ0n) is 22.1. The Morgan fingerprint density at radius 2 is 1.82 bits per heavy atom. The summed E-state index contributed by atoms with van der Waals surface area (Å²) in [7, 11) is 1.78. The van der Waals surface area contributed by atoms with Gasteiger partial charge in [0.2, 0.25) is 0 Å². The van der Waals surface area contributed by atoms with Gasteiger partial charge in [-0.05, 0) is 63.3 Å². The monoisotopic (exact) mass is 513 g/mol. The molecule has 0 unspecified atom stereocenters. The van der Waals surface area contributed by atoms with Crippen LogP contribution in [-0.2, 0) is 17.4 Å². The Labute approximate surface area is 220 Å². The molecule has 1 atom stereocenters. The van der Waals surface area contributed by atoms with Gasteiger partial charge in [0, 0.05) is 43.0 Å². The van der Waals surface area contributed by atoms with Crippen molar-refractivity contribution in [3.63, 3.8) is 0 Å². The van der Waals surface area contributed by atoms with E-state index in [1.54, 1.807) is 37.8 Å². The van der Waals surface area contributed by atoms with Gasteiger partial charge >= 0.3 is 0 Å². The van der Waals surface area contributed by atoms with Gasteiger partial charge in [-0.2, -0.15) is 0 Å². The van der Waals surface area contributed by atoms with E-state index in [0.29, 0.717) is 47.2 Å². The maximum atomic E-state index is 15.8. The van der Waals surface area contributed by atoms with E-state index < -0.39 is 5.60 Å². The lowest BCUT2D eigenvalue weighted by Gasteiger charge is -2.33. The van der Waals surface area contributed by atoms with Crippen molar-refractivity contribution in [2.45, 2.75) is 45.3 Å². The summed E-state index contributed by atoms with van der Waals surface area (Å²) in [6.45, 7) is 6.77. The molecule has 0 bridgehead atoms. The third-order valence-electron chi connectivity index (χ3n) is 7.82. The summed E-state index contributed by atoms with van der Waals surface area (Å²) in [4.78, 5) is 4.78. The van der Waals surface area contributed by atoms with Crippen molar-refractivity contribution in [1.29, 1.82) is 0 Å². The molecule has 0 radical (unpaired) electrons. The normalized spacial score (nSPS) is 15.9. The van der Waals surface area contributed by atoms with Crippen LogP contribution in [0.5, 0.6) is 0 Å². The molecule has 4 heterocycles. The average molecular weight is 514 g/mol. The molecule has 38 heavy (non-hydrogen) atoms. The second-order valence-corrected chi connectivity index (χ2v) is 10.8. The van der Waals surface area contributed by atoms with Crippen LogP contribution in [0.2, 0.25) is 0 Å². The Balaban J connectivity index is 1.72. The van der Waals surface area contributed by atoms with Crippen LogP contribution in [0.25, 0.3) is 33.2 Å². The number of rotatable bonds is 5. The van der Waals surface area contributed by atoms with Gasteiger partial charge in [-0.15, -0.1) is 5.10 Å². The molecule has 1 fully saturated rings. The van der Waals surface area contributed by atoms with Crippen molar-refractivity contribution in [3.8, 4) is 11.3 Å². The number of ether oxygens (including phenoxy) is 1. The number of aliphatic hydroxyl groups is 1. The molecule has 196 valence electrons. The maximum absolute atomic E-state index is 15.8. The van der Waals surface area contributed by atoms with Crippen molar-refractivity contribution < 1.29 is 14.2 Å². The highest BCUT2D eigenvalue weighted by atomic mass is 19.1. The highest BCUT2D eigenvalue weighted by molar-refractivity contribution is 6.07. The molecule has 3 aromatic heterocycles. The Hall–Kier alpha value is -3.62. The quantitative estimate of drug-likeness (QED) is 0.327. The second-order valence-electron chi connectivity index (χ2n) is 10.8. The summed E-state index contributed by atoms with van der Waals surface area (Å²) in [5.41, 5.74) is 5.05. The topological polar surface area (TPSA) is 78.0 Å². The van der Waals surface area contributed by atoms with Crippen LogP contribution in [0, 0.1) is 18.7 Å². The largest absolute Gasteiger partial charge is 0.386 e. The van der Waals surface area contributed by atoms with Crippen LogP contribution in [0.15, 0.2) is 54.7 Å². The SMILES string of the molecule is Cc1nnn(C)c1-c1cc2c(cc1F)c1ncc(C(C)(C)O)cc1n2[C@@H](c1ccccc1)C1CCOCC1. The zero-order valence-corrected chi connectivity index (χ0v) is 22.1. The lowest BCUT2D eigenvalue weighted by atomic mass is 9.86. The van der Waals surface area contributed by atoms with Crippen LogP contribution in [0.3, 0.4) is 0 Å². The molecule has 0 spiro atoms. The molecular formula is C30H32FN5O2. The standard InChI is InChI=1S/C30H32FN5O2/c1-18-28(35(4)34-33-18)22-16-25-23(15-24(22)31)27-26(14-21(17-32-27)30(2,3)37)36(25)29(19-8-6-5-7-9-19)20-10-12-38-13-11-20/h5-9,14-17,20,29,37H,10-13H2,1-4H3/t29-/m0/s1. The van der Waals surface area contributed by atoms with E-state index in [4.69, 9.17) is 9.72 Å². The smallest absolute Gasteiger partial charge is 0.133 e. The molecular weight excluding hydrogens is 481 g/mol. The van der Waals surface area contributed by atoms with E-state index in [-0.39, 0.29) is 11.9 Å². The first-order chi connectivity index (χ1) is 18.2. The molecule has 6 rings (SSSR count). The van der Waals surface area contributed by atoms with E-state index in [2.05, 4.69) is 39.1 Å². The van der Waals surface area contributed by atoms with E-state index in [1.165, 1.54) is 5.56 Å². The predicted octanol–water partition coefficient (Wildman–Crippen LogP) is 5.68. The second kappa shape index (κ2) is 9.29. The first-order valence-corrected chi connectivity index (χ1v) is 13.1. The third kappa shape index (κ3) is 4.08. The van der Waals surface area contributed by atoms with Crippen LogP contribution in [0.4, 0.5) is 4.39 Å². The first-order valence-electron chi connectivity index (χ1n) is 13.1. The minimum Gasteiger partial charge on any atom is -0.386 e. The molecule has 8 heteroatoms. The van der Waals surface area contributed by atoms with Crippen LogP contribution < -0.4 is 0 Å². The van der Waals surface area contributed by atoms with Gasteiger partial charge < -0.3 is 14.4 Å². The lowest BCUT2D eigenvalue weighted by Crippen LogP contribution is -2.27. The van der Waals surface area contributed by atoms with Gasteiger partial charge in [0.25, 0.3) is 0 Å². The Morgan fingerprint density at radius 3 is 2.47 bits per heavy atom. The fourth-order valence-corrected chi connectivity index (χ4v) is 5.88. The minimum atomic E-state index is -1.07. The summed E-state index contributed by atoms with van der Waals surface area (Å²) in [6, 6.07) is 15.9. The van der Waals surface area contributed by atoms with Crippen LogP contribution >= 0.6 is 0 Å². The highest BCUT2D eigenvalue weighted by Gasteiger charge is 2.31. The number of benzene rings is 2. The molecule has 1 N–H and O–H groups in total. The van der Waals surface area contributed by atoms with Gasteiger partial charge in [0.05, 0.1) is 39.6 Å². The van der Waals surface area contributed by atoms with E-state index >= 15 is 4.39 Å². The number of nitrogens with zero attached hydrogens (tertiary/aromatic N) is 5. The average Bonchev–Trinajstić information content (AvgIpc) is 3.40. The molecule has 1 aliphatic heterocycles. The van der Waals surface area contributed by atoms with Crippen molar-refractivity contribution in [1.82, 2.24) is 24.5 Å². The van der Waals surface area contributed by atoms with E-state index in [1.807, 2.05) is 25.1 Å². The Kier molecular flexibility index (Phi) is 6.04. The number of pyridine rings is 1. The Morgan fingerprint density at radius 1 is 1.08 bits per heavy atom. The maximum Gasteiger partial charge on any atom is 0.133 e. The number of fused-ring (bicyclic) bond motifs is 3. The minimum absolute atomic E-state index is 0.0250. The summed E-state index contributed by atoms with van der Waals surface area (Å²) in [6.07, 6.45) is 3.52. The third-order valence-corrected chi connectivity index (χ3v) is 7.82. The molecule has 2 aromatic carbocycles. The molecule has 0 aliphatic carbocycles. The van der Waals surface area contributed by atoms with Crippen LogP contribution in [0.1, 0.15) is 49.6 Å². The van der Waals surface area contributed by atoms with Gasteiger partial charge in [-0.3, -0.25) is 4.98 Å². The summed E-state index contributed by atoms with van der Waals surface area (Å²) in [5, 5.41) is 19.9. The summed E-state index contributed by atoms with van der Waals surface area (Å²) < 4.78 is 25.4. The molecule has 0 saturated carbocycles. The molecule has 0 amide bonds. The lowest BCUT2D eigenvalue weighted by molar-refractivity contribution is 0.0552. The summed E-state index contributed by atoms with van der Waals surface area (Å²) >= 11 is 0. The number of hydrogen-bond acceptors (Lipinski definition) is 5. The van der Waals surface area contributed by atoms with Crippen molar-refractivity contribution in [3.05, 3.63) is 77.4 Å². The van der Waals surface area contributed by atoms with Gasteiger partial charge in [-0.1, -0.05) is 35.5 Å². The van der Waals surface area contributed by atoms with Gasteiger partial charge in [0.1, 0.15) is 5.82 Å². The van der Waals surface area contributed by atoms with Crippen molar-refractivity contribution in [2.24, 2.45) is 13.0 Å². The number of aromatic nitrogens is 5. The molecule has 7 nitrogen and oxygen atoms in total. The predicted molar refractivity (Wildman–Crippen MR) is 145 cm³/mol. The van der Waals surface area contributed by atoms with Crippen LogP contribution in [-0.4, -0.2) is 42.9 Å². The number of hydrogen-bond donors (Lipinski definition) is 1. The first kappa shape index (κ1) is 24.7. The van der Waals surface area contributed by atoms with Gasteiger partial charge in [0.15, 0.2) is 0 Å². The van der Waals surface area contributed by atoms with E-state index in [0.717, 1.165) is 29.3 Å². The van der Waals surface area contributed by atoms with Crippen molar-refractivity contribution in [2.75, 3.05) is 13.2 Å². The molecule has 1 saturated heterocycles. The molecule has 5 aromatic rings.